The number of phenolic OH excluding ortho intramolecular Hbond substituents is 4. The minimum Gasteiger partial charge on any atom is -0.504 e. The van der Waals surface area contributed by atoms with Crippen LogP contribution in [0, 0.1) is 0 Å². The molecule has 0 aromatic heterocycles. The molecule has 0 unspecified atom stereocenters. The van der Waals surface area contributed by atoms with Crippen LogP contribution in [0.4, 0.5) is 0 Å². The Morgan fingerprint density at radius 2 is 1.33 bits per heavy atom. The molecular formula is C25H24O11. The average Bonchev–Trinajstić information content (AvgIpc) is 2.83. The fourth-order valence-corrected chi connectivity index (χ4v) is 3.62. The Labute approximate surface area is 204 Å². The molecule has 36 heavy (non-hydrogen) atoms. The van der Waals surface area contributed by atoms with Gasteiger partial charge in [0.25, 0.3) is 0 Å². The second kappa shape index (κ2) is 10.9. The molecule has 3 rings (SSSR count). The number of phenols is 4. The molecule has 2 aromatic carbocycles. The number of aromatic hydroxyl groups is 4. The van der Waals surface area contributed by atoms with E-state index in [2.05, 4.69) is 0 Å². The van der Waals surface area contributed by atoms with Gasteiger partial charge in [-0.15, -0.1) is 0 Å². The molecule has 0 radical (unpaired) electrons. The number of carbonyl (C=O) groups excluding carboxylic acids is 3. The zero-order valence-electron chi connectivity index (χ0n) is 18.7. The van der Waals surface area contributed by atoms with Gasteiger partial charge < -0.3 is 40.1 Å². The summed E-state index contributed by atoms with van der Waals surface area (Å²) in [6.07, 6.45) is -0.598. The van der Waals surface area contributed by atoms with E-state index in [0.29, 0.717) is 11.1 Å². The Bertz CT molecular complexity index is 1200. The van der Waals surface area contributed by atoms with Crippen molar-refractivity contribution in [2.45, 2.75) is 36.8 Å². The number of aldehydes is 1. The zero-order valence-corrected chi connectivity index (χ0v) is 18.7. The van der Waals surface area contributed by atoms with E-state index in [4.69, 9.17) is 9.47 Å². The number of rotatable bonds is 7. The number of aliphatic hydroxyl groups is 2. The number of esters is 2. The molecule has 4 atom stereocenters. The van der Waals surface area contributed by atoms with Crippen LogP contribution in [0.15, 0.2) is 48.6 Å². The smallest absolute Gasteiger partial charge is 0.331 e. The van der Waals surface area contributed by atoms with Gasteiger partial charge in [-0.05, 0) is 47.5 Å². The SMILES string of the molecule is O=C[C@@]1(OC(=O)/C=C/c2ccc(O)c(O)c2)C[C@@H](O)[C@H](O)[C@H](OC(=O)/C=C/c2ccc(O)c(O)c2)C1. The first kappa shape index (κ1) is 26.3. The van der Waals surface area contributed by atoms with Gasteiger partial charge in [-0.25, -0.2) is 9.59 Å². The molecule has 1 saturated carbocycles. The number of hydrogen-bond acceptors (Lipinski definition) is 11. The normalized spacial score (nSPS) is 24.0. The number of ether oxygens (including phenoxy) is 2. The number of aliphatic hydroxyl groups excluding tert-OH is 2. The third-order valence-electron chi connectivity index (χ3n) is 5.49. The quantitative estimate of drug-likeness (QED) is 0.138. The van der Waals surface area contributed by atoms with Crippen molar-refractivity contribution in [2.75, 3.05) is 0 Å². The predicted molar refractivity (Wildman–Crippen MR) is 124 cm³/mol. The molecule has 2 aromatic rings. The molecular weight excluding hydrogens is 476 g/mol. The fraction of sp³-hybridized carbons (Fsp3) is 0.240. The van der Waals surface area contributed by atoms with Crippen molar-refractivity contribution < 1.29 is 54.5 Å². The monoisotopic (exact) mass is 500 g/mol. The van der Waals surface area contributed by atoms with Crippen molar-refractivity contribution in [3.8, 4) is 23.0 Å². The van der Waals surface area contributed by atoms with Crippen molar-refractivity contribution in [1.82, 2.24) is 0 Å². The van der Waals surface area contributed by atoms with Gasteiger partial charge in [0, 0.05) is 25.0 Å². The summed E-state index contributed by atoms with van der Waals surface area (Å²) in [6, 6.07) is 7.65. The summed E-state index contributed by atoms with van der Waals surface area (Å²) < 4.78 is 10.4. The van der Waals surface area contributed by atoms with Crippen molar-refractivity contribution in [2.24, 2.45) is 0 Å². The Balaban J connectivity index is 1.68. The maximum atomic E-state index is 12.3. The minimum absolute atomic E-state index is 0.288. The lowest BCUT2D eigenvalue weighted by Crippen LogP contribution is -2.56. The van der Waals surface area contributed by atoms with E-state index in [-0.39, 0.29) is 17.8 Å². The van der Waals surface area contributed by atoms with Gasteiger partial charge in [-0.3, -0.25) is 4.79 Å². The lowest BCUT2D eigenvalue weighted by Gasteiger charge is -2.40. The van der Waals surface area contributed by atoms with Gasteiger partial charge in [0.1, 0.15) is 12.2 Å². The Kier molecular flexibility index (Phi) is 7.97. The maximum absolute atomic E-state index is 12.3. The van der Waals surface area contributed by atoms with Crippen LogP contribution in [0.1, 0.15) is 24.0 Å². The molecule has 6 N–H and O–H groups in total. The summed E-state index contributed by atoms with van der Waals surface area (Å²) in [4.78, 5) is 36.5. The van der Waals surface area contributed by atoms with Crippen LogP contribution in [0.25, 0.3) is 12.2 Å². The van der Waals surface area contributed by atoms with Crippen LogP contribution in [-0.4, -0.2) is 72.8 Å². The average molecular weight is 500 g/mol. The van der Waals surface area contributed by atoms with Gasteiger partial charge in [-0.2, -0.15) is 0 Å². The molecule has 190 valence electrons. The van der Waals surface area contributed by atoms with Crippen molar-refractivity contribution in [3.05, 3.63) is 59.7 Å². The second-order valence-corrected chi connectivity index (χ2v) is 8.21. The summed E-state index contributed by atoms with van der Waals surface area (Å²) in [5.74, 6) is -3.41. The van der Waals surface area contributed by atoms with E-state index in [0.717, 1.165) is 12.2 Å². The van der Waals surface area contributed by atoms with Crippen LogP contribution in [-0.2, 0) is 23.9 Å². The minimum atomic E-state index is -1.89. The Hall–Kier alpha value is -4.35. The van der Waals surface area contributed by atoms with Crippen LogP contribution in [0.2, 0.25) is 0 Å². The predicted octanol–water partition coefficient (Wildman–Crippen LogP) is 1.14. The highest BCUT2D eigenvalue weighted by molar-refractivity contribution is 5.89. The third-order valence-corrected chi connectivity index (χ3v) is 5.49. The zero-order chi connectivity index (χ0) is 26.5. The topological polar surface area (TPSA) is 191 Å². The lowest BCUT2D eigenvalue weighted by atomic mass is 9.80. The molecule has 11 heteroatoms. The van der Waals surface area contributed by atoms with Crippen LogP contribution >= 0.6 is 0 Å². The molecule has 1 aliphatic rings. The number of hydrogen-bond donors (Lipinski definition) is 6. The summed E-state index contributed by atoms with van der Waals surface area (Å²) in [5.41, 5.74) is -1.19. The highest BCUT2D eigenvalue weighted by atomic mass is 16.6. The van der Waals surface area contributed by atoms with Crippen LogP contribution in [0.5, 0.6) is 23.0 Å². The van der Waals surface area contributed by atoms with Gasteiger partial charge >= 0.3 is 11.9 Å². The largest absolute Gasteiger partial charge is 0.504 e. The lowest BCUT2D eigenvalue weighted by molar-refractivity contribution is -0.193. The molecule has 0 heterocycles. The highest BCUT2D eigenvalue weighted by Gasteiger charge is 2.49. The van der Waals surface area contributed by atoms with Gasteiger partial charge in [-0.1, -0.05) is 12.1 Å². The van der Waals surface area contributed by atoms with E-state index in [1.807, 2.05) is 0 Å². The first-order valence-electron chi connectivity index (χ1n) is 10.7. The van der Waals surface area contributed by atoms with Crippen molar-refractivity contribution >= 4 is 30.4 Å². The van der Waals surface area contributed by atoms with Gasteiger partial charge in [0.2, 0.25) is 0 Å². The molecule has 1 aliphatic carbocycles. The molecule has 0 bridgehead atoms. The molecule has 1 fully saturated rings. The molecule has 0 amide bonds. The highest BCUT2D eigenvalue weighted by Crippen LogP contribution is 2.33. The van der Waals surface area contributed by atoms with Crippen LogP contribution in [0.3, 0.4) is 0 Å². The van der Waals surface area contributed by atoms with Gasteiger partial charge in [0.05, 0.1) is 6.10 Å². The molecule has 0 saturated heterocycles. The van der Waals surface area contributed by atoms with E-state index < -0.39 is 60.2 Å². The first-order chi connectivity index (χ1) is 17.0. The van der Waals surface area contributed by atoms with Gasteiger partial charge in [0.15, 0.2) is 34.9 Å². The molecule has 0 spiro atoms. The summed E-state index contributed by atoms with van der Waals surface area (Å²) in [5, 5.41) is 58.2. The Morgan fingerprint density at radius 1 is 0.806 bits per heavy atom. The Morgan fingerprint density at radius 3 is 1.83 bits per heavy atom. The maximum Gasteiger partial charge on any atom is 0.331 e. The van der Waals surface area contributed by atoms with Crippen LogP contribution < -0.4 is 0 Å². The van der Waals surface area contributed by atoms with E-state index in [9.17, 15) is 45.0 Å². The summed E-state index contributed by atoms with van der Waals surface area (Å²) in [7, 11) is 0. The number of carbonyl (C=O) groups is 3. The van der Waals surface area contributed by atoms with E-state index in [1.54, 1.807) is 0 Å². The van der Waals surface area contributed by atoms with Crippen molar-refractivity contribution in [3.63, 3.8) is 0 Å². The molecule has 11 nitrogen and oxygen atoms in total. The van der Waals surface area contributed by atoms with E-state index in [1.165, 1.54) is 48.6 Å². The number of benzene rings is 2. The fourth-order valence-electron chi connectivity index (χ4n) is 3.62. The summed E-state index contributed by atoms with van der Waals surface area (Å²) >= 11 is 0. The van der Waals surface area contributed by atoms with Crippen molar-refractivity contribution in [1.29, 1.82) is 0 Å². The summed E-state index contributed by atoms with van der Waals surface area (Å²) in [6.45, 7) is 0. The first-order valence-corrected chi connectivity index (χ1v) is 10.7. The molecule has 0 aliphatic heterocycles. The standard InChI is InChI=1S/C25H24O11/c26-13-25(36-23(33)8-4-15-2-6-17(28)19(30)10-15)11-20(31)24(34)21(12-25)35-22(32)7-3-14-1-5-16(27)18(29)9-14/h1-10,13,20-21,24,27-31,34H,11-12H2/b7-3+,8-4+/t20-,21-,24+,25-/m1/s1. The third kappa shape index (κ3) is 6.40. The van der Waals surface area contributed by atoms with E-state index >= 15 is 0 Å². The second-order valence-electron chi connectivity index (χ2n) is 8.21.